The third-order valence-corrected chi connectivity index (χ3v) is 4.53. The molecule has 0 N–H and O–H groups in total. The molecule has 0 amide bonds. The predicted molar refractivity (Wildman–Crippen MR) is 97.0 cm³/mol. The first-order valence-electron chi connectivity index (χ1n) is 8.73. The van der Waals surface area contributed by atoms with Gasteiger partial charge in [0.1, 0.15) is 19.0 Å². The van der Waals surface area contributed by atoms with Gasteiger partial charge in [-0.05, 0) is 37.1 Å². The average molecular weight is 374 g/mol. The molecule has 1 aromatic heterocycles. The lowest BCUT2D eigenvalue weighted by atomic mass is 10.2. The van der Waals surface area contributed by atoms with Gasteiger partial charge in [0, 0.05) is 26.8 Å². The van der Waals surface area contributed by atoms with Gasteiger partial charge in [-0.15, -0.1) is 0 Å². The summed E-state index contributed by atoms with van der Waals surface area (Å²) in [5.74, 6) is 0.102. The summed E-state index contributed by atoms with van der Waals surface area (Å²) in [7, 11) is 2.91. The van der Waals surface area contributed by atoms with E-state index >= 15 is 0 Å². The Morgan fingerprint density at radius 1 is 1.19 bits per heavy atom. The van der Waals surface area contributed by atoms with Crippen LogP contribution in [0.1, 0.15) is 28.9 Å². The van der Waals surface area contributed by atoms with Crippen molar-refractivity contribution in [3.8, 4) is 5.75 Å². The molecule has 0 spiro atoms. The van der Waals surface area contributed by atoms with Crippen LogP contribution in [0.4, 0.5) is 0 Å². The molecule has 1 fully saturated rings. The fourth-order valence-corrected chi connectivity index (χ4v) is 2.79. The monoisotopic (exact) mass is 374 g/mol. The summed E-state index contributed by atoms with van der Waals surface area (Å²) in [5, 5.41) is 0. The van der Waals surface area contributed by atoms with Gasteiger partial charge in [0.05, 0.1) is 17.4 Å². The van der Waals surface area contributed by atoms with Gasteiger partial charge in [0.15, 0.2) is 0 Å². The summed E-state index contributed by atoms with van der Waals surface area (Å²) in [6.45, 7) is 1.09. The number of ether oxygens (including phenoxy) is 3. The number of hydrogen-bond donors (Lipinski definition) is 0. The molecule has 2 heterocycles. The molecule has 1 aliphatic rings. The second-order valence-corrected chi connectivity index (χ2v) is 6.42. The molecule has 1 aliphatic heterocycles. The van der Waals surface area contributed by atoms with Crippen LogP contribution in [-0.4, -0.2) is 34.4 Å². The Balaban J connectivity index is 1.58. The molecule has 8 heteroatoms. The number of benzene rings is 1. The Labute approximate surface area is 155 Å². The summed E-state index contributed by atoms with van der Waals surface area (Å²) in [4.78, 5) is 35.8. The Morgan fingerprint density at radius 3 is 2.59 bits per heavy atom. The molecule has 0 radical (unpaired) electrons. The van der Waals surface area contributed by atoms with E-state index < -0.39 is 17.2 Å². The van der Waals surface area contributed by atoms with E-state index in [-0.39, 0.29) is 12.7 Å². The number of carbonyl (C=O) groups excluding carboxylic acids is 1. The third kappa shape index (κ3) is 4.46. The van der Waals surface area contributed by atoms with Crippen molar-refractivity contribution in [2.75, 3.05) is 13.2 Å². The van der Waals surface area contributed by atoms with E-state index in [1.807, 2.05) is 0 Å². The highest BCUT2D eigenvalue weighted by Gasteiger charge is 2.16. The molecule has 1 unspecified atom stereocenters. The van der Waals surface area contributed by atoms with Gasteiger partial charge < -0.3 is 14.2 Å². The van der Waals surface area contributed by atoms with E-state index in [1.54, 1.807) is 24.3 Å². The fraction of sp³-hybridized carbons (Fsp3) is 0.421. The minimum Gasteiger partial charge on any atom is -0.491 e. The van der Waals surface area contributed by atoms with Crippen LogP contribution in [-0.2, 0) is 30.2 Å². The Morgan fingerprint density at radius 2 is 1.93 bits per heavy atom. The highest BCUT2D eigenvalue weighted by molar-refractivity contribution is 5.89. The van der Waals surface area contributed by atoms with Gasteiger partial charge in [-0.1, -0.05) is 0 Å². The summed E-state index contributed by atoms with van der Waals surface area (Å²) >= 11 is 0. The van der Waals surface area contributed by atoms with Crippen LogP contribution in [0, 0.1) is 0 Å². The van der Waals surface area contributed by atoms with Crippen LogP contribution in [0.2, 0.25) is 0 Å². The van der Waals surface area contributed by atoms with Crippen molar-refractivity contribution in [1.82, 2.24) is 9.13 Å². The molecule has 0 aliphatic carbocycles. The molecule has 2 aromatic rings. The lowest BCUT2D eigenvalue weighted by molar-refractivity contribution is 0.0462. The highest BCUT2D eigenvalue weighted by Crippen LogP contribution is 2.17. The maximum Gasteiger partial charge on any atom is 0.338 e. The van der Waals surface area contributed by atoms with Gasteiger partial charge in [-0.2, -0.15) is 0 Å². The van der Waals surface area contributed by atoms with E-state index in [4.69, 9.17) is 14.2 Å². The van der Waals surface area contributed by atoms with Gasteiger partial charge in [-0.25, -0.2) is 9.59 Å². The predicted octanol–water partition coefficient (Wildman–Crippen LogP) is 0.999. The summed E-state index contributed by atoms with van der Waals surface area (Å²) in [6.07, 6.45) is 2.17. The number of carbonyl (C=O) groups is 1. The molecular formula is C19H22N2O6. The van der Waals surface area contributed by atoms with E-state index in [2.05, 4.69) is 0 Å². The van der Waals surface area contributed by atoms with E-state index in [0.29, 0.717) is 23.6 Å². The van der Waals surface area contributed by atoms with Crippen LogP contribution in [0.3, 0.4) is 0 Å². The first-order chi connectivity index (χ1) is 13.0. The highest BCUT2D eigenvalue weighted by atomic mass is 16.5. The number of rotatable bonds is 6. The van der Waals surface area contributed by atoms with Gasteiger partial charge in [0.25, 0.3) is 5.56 Å². The minimum absolute atomic E-state index is 0.125. The van der Waals surface area contributed by atoms with Crippen molar-refractivity contribution < 1.29 is 19.0 Å². The first kappa shape index (κ1) is 18.9. The van der Waals surface area contributed by atoms with Crippen molar-refractivity contribution in [2.45, 2.75) is 25.6 Å². The normalized spacial score (nSPS) is 16.3. The summed E-state index contributed by atoms with van der Waals surface area (Å²) in [5.41, 5.74) is -0.237. The zero-order valence-electron chi connectivity index (χ0n) is 15.3. The molecular weight excluding hydrogens is 352 g/mol. The van der Waals surface area contributed by atoms with E-state index in [0.717, 1.165) is 24.0 Å². The SMILES string of the molecule is Cn1c(COC(=O)c2ccc(OCC3CCCO3)cc2)cc(=O)n(C)c1=O. The Bertz CT molecular complexity index is 923. The summed E-state index contributed by atoms with van der Waals surface area (Å²) < 4.78 is 18.6. The van der Waals surface area contributed by atoms with Crippen molar-refractivity contribution in [3.63, 3.8) is 0 Å². The van der Waals surface area contributed by atoms with Gasteiger partial charge in [-0.3, -0.25) is 13.9 Å². The molecule has 3 rings (SSSR count). The number of hydrogen-bond acceptors (Lipinski definition) is 6. The maximum absolute atomic E-state index is 12.2. The third-order valence-electron chi connectivity index (χ3n) is 4.53. The number of esters is 1. The van der Waals surface area contributed by atoms with E-state index in [9.17, 15) is 14.4 Å². The second-order valence-electron chi connectivity index (χ2n) is 6.42. The molecule has 1 saturated heterocycles. The van der Waals surface area contributed by atoms with Crippen molar-refractivity contribution >= 4 is 5.97 Å². The lowest BCUT2D eigenvalue weighted by Gasteiger charge is -2.12. The van der Waals surface area contributed by atoms with Crippen LogP contribution in [0.25, 0.3) is 0 Å². The van der Waals surface area contributed by atoms with Crippen LogP contribution < -0.4 is 16.0 Å². The maximum atomic E-state index is 12.2. The summed E-state index contributed by atoms with van der Waals surface area (Å²) in [6, 6.07) is 7.88. The molecule has 1 aromatic carbocycles. The van der Waals surface area contributed by atoms with Gasteiger partial charge in [0.2, 0.25) is 0 Å². The molecule has 8 nitrogen and oxygen atoms in total. The van der Waals surface area contributed by atoms with Crippen LogP contribution in [0.15, 0.2) is 39.9 Å². The Kier molecular flexibility index (Phi) is 5.75. The topological polar surface area (TPSA) is 88.8 Å². The molecule has 144 valence electrons. The number of aromatic nitrogens is 2. The van der Waals surface area contributed by atoms with E-state index in [1.165, 1.54) is 24.7 Å². The number of nitrogens with zero attached hydrogens (tertiary/aromatic N) is 2. The van der Waals surface area contributed by atoms with Crippen molar-refractivity contribution in [3.05, 3.63) is 62.4 Å². The fourth-order valence-electron chi connectivity index (χ4n) is 2.79. The first-order valence-corrected chi connectivity index (χ1v) is 8.73. The quantitative estimate of drug-likeness (QED) is 0.701. The zero-order valence-corrected chi connectivity index (χ0v) is 15.3. The Hall–Kier alpha value is -2.87. The minimum atomic E-state index is -0.547. The second kappa shape index (κ2) is 8.22. The van der Waals surface area contributed by atoms with Crippen LogP contribution >= 0.6 is 0 Å². The standard InChI is InChI=1S/C19H22N2O6/c1-20-14(10-17(22)21(2)19(20)24)11-27-18(23)13-5-7-15(8-6-13)26-12-16-4-3-9-25-16/h5-8,10,16H,3-4,9,11-12H2,1-2H3. The largest absolute Gasteiger partial charge is 0.491 e. The van der Waals surface area contributed by atoms with Gasteiger partial charge >= 0.3 is 11.7 Å². The lowest BCUT2D eigenvalue weighted by Crippen LogP contribution is -2.38. The zero-order chi connectivity index (χ0) is 19.4. The molecule has 27 heavy (non-hydrogen) atoms. The van der Waals surface area contributed by atoms with Crippen LogP contribution in [0.5, 0.6) is 5.75 Å². The molecule has 0 saturated carbocycles. The smallest absolute Gasteiger partial charge is 0.338 e. The molecule has 0 bridgehead atoms. The van der Waals surface area contributed by atoms with Crippen molar-refractivity contribution in [2.24, 2.45) is 14.1 Å². The average Bonchev–Trinajstić information content (AvgIpc) is 3.20. The van der Waals surface area contributed by atoms with Crippen molar-refractivity contribution in [1.29, 1.82) is 0 Å². The molecule has 1 atom stereocenters.